The van der Waals surface area contributed by atoms with Gasteiger partial charge in [0.15, 0.2) is 0 Å². The molecule has 10 nitrogen and oxygen atoms in total. The molecule has 0 radical (unpaired) electrons. The zero-order valence-corrected chi connectivity index (χ0v) is 13.0. The molecule has 0 bridgehead atoms. The van der Waals surface area contributed by atoms with E-state index in [1.54, 1.807) is 0 Å². The molecule has 24 heavy (non-hydrogen) atoms. The highest BCUT2D eigenvalue weighted by Gasteiger charge is 2.24. The van der Waals surface area contributed by atoms with Gasteiger partial charge < -0.3 is 0 Å². The van der Waals surface area contributed by atoms with E-state index in [9.17, 15) is 29.3 Å². The van der Waals surface area contributed by atoms with Crippen LogP contribution in [0.3, 0.4) is 0 Å². The molecule has 10 heteroatoms. The lowest BCUT2D eigenvalue weighted by atomic mass is 10.3. The van der Waals surface area contributed by atoms with Crippen molar-refractivity contribution in [2.24, 2.45) is 0 Å². The van der Waals surface area contributed by atoms with Crippen LogP contribution in [0.5, 0.6) is 0 Å². The third kappa shape index (κ3) is 2.69. The fraction of sp³-hybridized carbons (Fsp3) is 0.286. The van der Waals surface area contributed by atoms with Crippen LogP contribution in [0.25, 0.3) is 5.69 Å². The molecule has 0 amide bonds. The summed E-state index contributed by atoms with van der Waals surface area (Å²) in [5.41, 5.74) is -2.19. The standard InChI is InChI=1S/C14H14N4O6/c1-3-11(19)16-13(21)15(14(22)17(16)12(20)4-2)9-5-7-10(8-6-9)18(23)24/h5-8H,3-4H2,1-2H3. The van der Waals surface area contributed by atoms with E-state index in [1.165, 1.54) is 26.0 Å². The van der Waals surface area contributed by atoms with Crippen LogP contribution >= 0.6 is 0 Å². The number of hydrogen-bond donors (Lipinski definition) is 0. The van der Waals surface area contributed by atoms with Gasteiger partial charge in [0, 0.05) is 25.0 Å². The lowest BCUT2D eigenvalue weighted by Gasteiger charge is -2.03. The third-order valence-corrected chi connectivity index (χ3v) is 3.34. The Hall–Kier alpha value is -3.30. The van der Waals surface area contributed by atoms with E-state index in [1.807, 2.05) is 0 Å². The number of aromatic nitrogens is 3. The maximum Gasteiger partial charge on any atom is 0.359 e. The van der Waals surface area contributed by atoms with Crippen LogP contribution < -0.4 is 11.4 Å². The minimum atomic E-state index is -0.998. The Morgan fingerprint density at radius 2 is 1.38 bits per heavy atom. The van der Waals surface area contributed by atoms with E-state index in [2.05, 4.69) is 0 Å². The molecule has 0 aliphatic carbocycles. The molecule has 0 fully saturated rings. The van der Waals surface area contributed by atoms with Crippen molar-refractivity contribution in [2.75, 3.05) is 0 Å². The molecular formula is C14H14N4O6. The summed E-state index contributed by atoms with van der Waals surface area (Å²) in [5, 5.41) is 10.7. The van der Waals surface area contributed by atoms with E-state index in [-0.39, 0.29) is 24.2 Å². The van der Waals surface area contributed by atoms with Gasteiger partial charge in [0.05, 0.1) is 10.6 Å². The normalized spacial score (nSPS) is 10.6. The van der Waals surface area contributed by atoms with Crippen molar-refractivity contribution in [1.29, 1.82) is 0 Å². The SMILES string of the molecule is CCC(=O)n1c(=O)n(-c2ccc([N+](=O)[O-])cc2)c(=O)n1C(=O)CC. The molecule has 126 valence electrons. The van der Waals surface area contributed by atoms with Crippen molar-refractivity contribution >= 4 is 17.5 Å². The summed E-state index contributed by atoms with van der Waals surface area (Å²) < 4.78 is 1.62. The second kappa shape index (κ2) is 6.44. The molecule has 1 heterocycles. The Labute approximate surface area is 134 Å². The molecule has 2 aromatic rings. The predicted molar refractivity (Wildman–Crippen MR) is 82.8 cm³/mol. The van der Waals surface area contributed by atoms with Crippen LogP contribution in [0, 0.1) is 10.1 Å². The van der Waals surface area contributed by atoms with Crippen LogP contribution in [0.4, 0.5) is 5.69 Å². The van der Waals surface area contributed by atoms with Crippen LogP contribution in [-0.2, 0) is 0 Å². The average Bonchev–Trinajstić information content (AvgIpc) is 2.84. The summed E-state index contributed by atoms with van der Waals surface area (Å²) in [7, 11) is 0. The summed E-state index contributed by atoms with van der Waals surface area (Å²) in [5.74, 6) is -1.42. The number of rotatable bonds is 4. The van der Waals surface area contributed by atoms with Crippen LogP contribution in [0.2, 0.25) is 0 Å². The van der Waals surface area contributed by atoms with Gasteiger partial charge in [-0.05, 0) is 12.1 Å². The fourth-order valence-corrected chi connectivity index (χ4v) is 2.12. The van der Waals surface area contributed by atoms with Crippen LogP contribution in [0.15, 0.2) is 33.9 Å². The monoisotopic (exact) mass is 334 g/mol. The van der Waals surface area contributed by atoms with Crippen molar-refractivity contribution in [1.82, 2.24) is 13.9 Å². The Morgan fingerprint density at radius 1 is 0.958 bits per heavy atom. The second-order valence-electron chi connectivity index (χ2n) is 4.79. The quantitative estimate of drug-likeness (QED) is 0.601. The van der Waals surface area contributed by atoms with E-state index < -0.39 is 28.1 Å². The summed E-state index contributed by atoms with van der Waals surface area (Å²) >= 11 is 0. The fourth-order valence-electron chi connectivity index (χ4n) is 2.12. The van der Waals surface area contributed by atoms with Gasteiger partial charge in [-0.2, -0.15) is 9.36 Å². The van der Waals surface area contributed by atoms with Crippen molar-refractivity contribution in [3.05, 3.63) is 55.3 Å². The van der Waals surface area contributed by atoms with E-state index >= 15 is 0 Å². The Bertz CT molecular complexity index is 884. The molecule has 0 atom stereocenters. The van der Waals surface area contributed by atoms with Gasteiger partial charge in [0.2, 0.25) is 11.8 Å². The summed E-state index contributed by atoms with van der Waals surface area (Å²) in [6, 6.07) is 4.63. The molecule has 0 aliphatic heterocycles. The predicted octanol–water partition coefficient (Wildman–Crippen LogP) is 0.809. The summed E-state index contributed by atoms with van der Waals surface area (Å²) in [6.07, 6.45) is -0.165. The highest BCUT2D eigenvalue weighted by Crippen LogP contribution is 2.13. The van der Waals surface area contributed by atoms with E-state index in [4.69, 9.17) is 0 Å². The molecule has 1 aromatic carbocycles. The van der Waals surface area contributed by atoms with E-state index in [0.29, 0.717) is 13.9 Å². The van der Waals surface area contributed by atoms with Crippen molar-refractivity contribution in [3.8, 4) is 5.69 Å². The van der Waals surface area contributed by atoms with Gasteiger partial charge in [0.1, 0.15) is 0 Å². The first kappa shape index (κ1) is 17.1. The van der Waals surface area contributed by atoms with Gasteiger partial charge in [-0.25, -0.2) is 14.2 Å². The van der Waals surface area contributed by atoms with Gasteiger partial charge in [0.25, 0.3) is 5.69 Å². The summed E-state index contributed by atoms with van der Waals surface area (Å²) in [6.45, 7) is 2.98. The number of nitro groups is 1. The van der Waals surface area contributed by atoms with Gasteiger partial charge in [-0.1, -0.05) is 13.8 Å². The first-order chi connectivity index (χ1) is 11.3. The zero-order valence-electron chi connectivity index (χ0n) is 13.0. The number of carbonyl (C=O) groups excluding carboxylic acids is 2. The molecule has 2 rings (SSSR count). The molecule has 0 aliphatic rings. The Kier molecular flexibility index (Phi) is 4.58. The number of nitrogens with zero attached hydrogens (tertiary/aromatic N) is 4. The summed E-state index contributed by atoms with van der Waals surface area (Å²) in [4.78, 5) is 58.9. The molecule has 0 saturated carbocycles. The third-order valence-electron chi connectivity index (χ3n) is 3.34. The molecule has 0 N–H and O–H groups in total. The first-order valence-electron chi connectivity index (χ1n) is 7.11. The number of hydrogen-bond acceptors (Lipinski definition) is 6. The lowest BCUT2D eigenvalue weighted by molar-refractivity contribution is -0.384. The molecule has 0 saturated heterocycles. The first-order valence-corrected chi connectivity index (χ1v) is 7.11. The number of nitro benzene ring substituents is 1. The number of benzene rings is 1. The molecular weight excluding hydrogens is 320 g/mol. The Balaban J connectivity index is 2.76. The molecule has 0 unspecified atom stereocenters. The van der Waals surface area contributed by atoms with Crippen LogP contribution in [0.1, 0.15) is 36.3 Å². The largest absolute Gasteiger partial charge is 0.359 e. The minimum absolute atomic E-state index is 0.0240. The van der Waals surface area contributed by atoms with Crippen LogP contribution in [-0.4, -0.2) is 30.7 Å². The highest BCUT2D eigenvalue weighted by atomic mass is 16.6. The highest BCUT2D eigenvalue weighted by molar-refractivity contribution is 5.83. The smallest absolute Gasteiger partial charge is 0.272 e. The van der Waals surface area contributed by atoms with Crippen molar-refractivity contribution in [2.45, 2.75) is 26.7 Å². The van der Waals surface area contributed by atoms with Crippen molar-refractivity contribution in [3.63, 3.8) is 0 Å². The van der Waals surface area contributed by atoms with E-state index in [0.717, 1.165) is 12.1 Å². The minimum Gasteiger partial charge on any atom is -0.272 e. The van der Waals surface area contributed by atoms with Gasteiger partial charge in [-0.3, -0.25) is 19.7 Å². The van der Waals surface area contributed by atoms with Gasteiger partial charge in [-0.15, -0.1) is 0 Å². The lowest BCUT2D eigenvalue weighted by Crippen LogP contribution is -2.35. The van der Waals surface area contributed by atoms with Gasteiger partial charge >= 0.3 is 11.4 Å². The topological polar surface area (TPSA) is 126 Å². The molecule has 1 aromatic heterocycles. The second-order valence-corrected chi connectivity index (χ2v) is 4.79. The number of non-ortho nitro benzene ring substituents is 1. The Morgan fingerprint density at radius 3 is 1.71 bits per heavy atom. The maximum atomic E-state index is 12.4. The molecule has 0 spiro atoms. The average molecular weight is 334 g/mol. The number of carbonyl (C=O) groups is 2. The zero-order chi connectivity index (χ0) is 18.0. The van der Waals surface area contributed by atoms with Crippen molar-refractivity contribution < 1.29 is 14.5 Å². The maximum absolute atomic E-state index is 12.4.